The minimum absolute atomic E-state index is 0.0802. The molecule has 0 aromatic rings. The van der Waals surface area contributed by atoms with Gasteiger partial charge in [0.1, 0.15) is 0 Å². The van der Waals surface area contributed by atoms with E-state index < -0.39 is 11.9 Å². The Kier molecular flexibility index (Phi) is 3.73. The molecule has 4 heteroatoms. The van der Waals surface area contributed by atoms with Gasteiger partial charge in [-0.05, 0) is 23.8 Å². The molecule has 0 bridgehead atoms. The van der Waals surface area contributed by atoms with Gasteiger partial charge in [-0.3, -0.25) is 9.59 Å². The third-order valence-electron chi connectivity index (χ3n) is 3.14. The lowest BCUT2D eigenvalue weighted by atomic mass is 9.67. The number of carbonyl (C=O) groups excluding carboxylic acids is 1. The van der Waals surface area contributed by atoms with E-state index in [0.717, 1.165) is 12.8 Å². The highest BCUT2D eigenvalue weighted by molar-refractivity contribution is 5.80. The van der Waals surface area contributed by atoms with Crippen LogP contribution in [-0.2, 0) is 14.3 Å². The van der Waals surface area contributed by atoms with E-state index >= 15 is 0 Å². The van der Waals surface area contributed by atoms with Gasteiger partial charge in [-0.2, -0.15) is 0 Å². The van der Waals surface area contributed by atoms with Crippen LogP contribution < -0.4 is 0 Å². The standard InChI is InChI=1S/C12H18O4/c1-12(2)6-4-5-8(7-9(13)14)10(12)11(15)16-3/h5,10H,4,6-7H2,1-3H3,(H,13,14). The summed E-state index contributed by atoms with van der Waals surface area (Å²) in [5.74, 6) is -1.67. The average molecular weight is 226 g/mol. The molecular formula is C12H18O4. The third-order valence-corrected chi connectivity index (χ3v) is 3.14. The summed E-state index contributed by atoms with van der Waals surface area (Å²) in [4.78, 5) is 22.5. The summed E-state index contributed by atoms with van der Waals surface area (Å²) in [5.41, 5.74) is 0.447. The van der Waals surface area contributed by atoms with Crippen LogP contribution in [-0.4, -0.2) is 24.2 Å². The van der Waals surface area contributed by atoms with Crippen molar-refractivity contribution >= 4 is 11.9 Å². The number of rotatable bonds is 3. The maximum atomic E-state index is 11.7. The molecule has 1 rings (SSSR count). The topological polar surface area (TPSA) is 63.6 Å². The molecule has 1 atom stereocenters. The van der Waals surface area contributed by atoms with Crippen LogP contribution in [0.15, 0.2) is 11.6 Å². The van der Waals surface area contributed by atoms with E-state index in [1.807, 2.05) is 19.9 Å². The number of hydrogen-bond donors (Lipinski definition) is 1. The van der Waals surface area contributed by atoms with Crippen molar-refractivity contribution in [3.8, 4) is 0 Å². The molecule has 0 heterocycles. The molecule has 1 N–H and O–H groups in total. The Balaban J connectivity index is 2.99. The van der Waals surface area contributed by atoms with Crippen molar-refractivity contribution in [1.82, 2.24) is 0 Å². The number of esters is 1. The van der Waals surface area contributed by atoms with Gasteiger partial charge in [0, 0.05) is 0 Å². The lowest BCUT2D eigenvalue weighted by molar-refractivity contribution is -0.148. The fourth-order valence-corrected chi connectivity index (χ4v) is 2.33. The summed E-state index contributed by atoms with van der Waals surface area (Å²) >= 11 is 0. The average Bonchev–Trinajstić information content (AvgIpc) is 2.14. The van der Waals surface area contributed by atoms with E-state index in [1.54, 1.807) is 0 Å². The largest absolute Gasteiger partial charge is 0.481 e. The van der Waals surface area contributed by atoms with Crippen molar-refractivity contribution in [2.75, 3.05) is 7.11 Å². The molecule has 0 aromatic heterocycles. The van der Waals surface area contributed by atoms with E-state index in [4.69, 9.17) is 9.84 Å². The Morgan fingerprint density at radius 2 is 2.19 bits per heavy atom. The zero-order valence-corrected chi connectivity index (χ0v) is 9.95. The van der Waals surface area contributed by atoms with Gasteiger partial charge in [-0.15, -0.1) is 0 Å². The minimum Gasteiger partial charge on any atom is -0.481 e. The molecule has 0 spiro atoms. The molecule has 1 aliphatic carbocycles. The van der Waals surface area contributed by atoms with Gasteiger partial charge in [-0.25, -0.2) is 0 Å². The van der Waals surface area contributed by atoms with Crippen molar-refractivity contribution in [1.29, 1.82) is 0 Å². The van der Waals surface area contributed by atoms with E-state index in [-0.39, 0.29) is 17.8 Å². The van der Waals surface area contributed by atoms with Gasteiger partial charge < -0.3 is 9.84 Å². The van der Waals surface area contributed by atoms with Crippen molar-refractivity contribution in [2.24, 2.45) is 11.3 Å². The summed E-state index contributed by atoms with van der Waals surface area (Å²) in [6.45, 7) is 3.95. The first-order valence-corrected chi connectivity index (χ1v) is 5.37. The fraction of sp³-hybridized carbons (Fsp3) is 0.667. The molecule has 0 saturated carbocycles. The maximum absolute atomic E-state index is 11.7. The van der Waals surface area contributed by atoms with E-state index in [0.29, 0.717) is 5.57 Å². The first kappa shape index (κ1) is 12.7. The predicted octanol–water partition coefficient (Wildman–Crippen LogP) is 2.00. The highest BCUT2D eigenvalue weighted by Crippen LogP contribution is 2.42. The molecule has 0 saturated heterocycles. The highest BCUT2D eigenvalue weighted by atomic mass is 16.5. The van der Waals surface area contributed by atoms with E-state index in [9.17, 15) is 9.59 Å². The van der Waals surface area contributed by atoms with Crippen LogP contribution in [0, 0.1) is 11.3 Å². The minimum atomic E-state index is -0.905. The van der Waals surface area contributed by atoms with Crippen LogP contribution in [0.5, 0.6) is 0 Å². The summed E-state index contributed by atoms with van der Waals surface area (Å²) in [7, 11) is 1.34. The van der Waals surface area contributed by atoms with Crippen LogP contribution in [0.4, 0.5) is 0 Å². The van der Waals surface area contributed by atoms with Gasteiger partial charge in [0.15, 0.2) is 0 Å². The van der Waals surface area contributed by atoms with Crippen molar-refractivity contribution < 1.29 is 19.4 Å². The van der Waals surface area contributed by atoms with Crippen molar-refractivity contribution in [3.05, 3.63) is 11.6 Å². The first-order valence-electron chi connectivity index (χ1n) is 5.37. The van der Waals surface area contributed by atoms with Gasteiger partial charge in [-0.1, -0.05) is 19.9 Å². The maximum Gasteiger partial charge on any atom is 0.313 e. The smallest absolute Gasteiger partial charge is 0.313 e. The Morgan fingerprint density at radius 3 is 2.69 bits per heavy atom. The molecule has 0 aliphatic heterocycles. The SMILES string of the molecule is COC(=O)C1C(CC(=O)O)=CCCC1(C)C. The van der Waals surface area contributed by atoms with Crippen molar-refractivity contribution in [2.45, 2.75) is 33.1 Å². The number of carbonyl (C=O) groups is 2. The van der Waals surface area contributed by atoms with Gasteiger partial charge in [0.05, 0.1) is 19.4 Å². The van der Waals surface area contributed by atoms with E-state index in [2.05, 4.69) is 0 Å². The Morgan fingerprint density at radius 1 is 1.56 bits per heavy atom. The van der Waals surface area contributed by atoms with Gasteiger partial charge in [0.25, 0.3) is 0 Å². The normalized spacial score (nSPS) is 23.4. The second kappa shape index (κ2) is 4.68. The van der Waals surface area contributed by atoms with Crippen LogP contribution in [0.3, 0.4) is 0 Å². The fourth-order valence-electron chi connectivity index (χ4n) is 2.33. The van der Waals surface area contributed by atoms with E-state index in [1.165, 1.54) is 7.11 Å². The molecule has 4 nitrogen and oxygen atoms in total. The van der Waals surface area contributed by atoms with Crippen LogP contribution in [0.1, 0.15) is 33.1 Å². The Hall–Kier alpha value is -1.32. The lowest BCUT2D eigenvalue weighted by Crippen LogP contribution is -2.36. The number of carboxylic acids is 1. The second-order valence-corrected chi connectivity index (χ2v) is 4.83. The van der Waals surface area contributed by atoms with Crippen LogP contribution in [0.25, 0.3) is 0 Å². The third kappa shape index (κ3) is 2.62. The summed E-state index contributed by atoms with van der Waals surface area (Å²) < 4.78 is 4.76. The molecule has 0 amide bonds. The monoisotopic (exact) mass is 226 g/mol. The Labute approximate surface area is 95.3 Å². The molecule has 1 aliphatic rings. The molecule has 0 aromatic carbocycles. The van der Waals surface area contributed by atoms with Crippen molar-refractivity contribution in [3.63, 3.8) is 0 Å². The number of methoxy groups -OCH3 is 1. The molecule has 0 fully saturated rings. The molecule has 0 radical (unpaired) electrons. The van der Waals surface area contributed by atoms with Crippen LogP contribution >= 0.6 is 0 Å². The van der Waals surface area contributed by atoms with Crippen LogP contribution in [0.2, 0.25) is 0 Å². The number of hydrogen-bond acceptors (Lipinski definition) is 3. The quantitative estimate of drug-likeness (QED) is 0.590. The second-order valence-electron chi connectivity index (χ2n) is 4.83. The molecular weight excluding hydrogens is 208 g/mol. The number of ether oxygens (including phenoxy) is 1. The van der Waals surface area contributed by atoms with Gasteiger partial charge >= 0.3 is 11.9 Å². The number of carboxylic acid groups (broad SMARTS) is 1. The molecule has 16 heavy (non-hydrogen) atoms. The van der Waals surface area contributed by atoms with Gasteiger partial charge in [0.2, 0.25) is 0 Å². The number of allylic oxidation sites excluding steroid dienone is 1. The zero-order chi connectivity index (χ0) is 12.3. The Bertz CT molecular complexity index is 328. The zero-order valence-electron chi connectivity index (χ0n) is 9.95. The molecule has 1 unspecified atom stereocenters. The first-order chi connectivity index (χ1) is 7.38. The predicted molar refractivity (Wildman–Crippen MR) is 58.9 cm³/mol. The number of aliphatic carboxylic acids is 1. The summed E-state index contributed by atoms with van der Waals surface area (Å²) in [6, 6.07) is 0. The molecule has 90 valence electrons. The summed E-state index contributed by atoms with van der Waals surface area (Å²) in [5, 5.41) is 8.82. The lowest BCUT2D eigenvalue weighted by Gasteiger charge is -2.36. The highest BCUT2D eigenvalue weighted by Gasteiger charge is 2.40. The summed E-state index contributed by atoms with van der Waals surface area (Å²) in [6.07, 6.45) is 3.48.